The molecule has 0 saturated carbocycles. The quantitative estimate of drug-likeness (QED) is 0.626. The molecule has 0 atom stereocenters. The monoisotopic (exact) mass is 330 g/mol. The highest BCUT2D eigenvalue weighted by atomic mass is 79.9. The predicted molar refractivity (Wildman–Crippen MR) is 66.7 cm³/mol. The van der Waals surface area contributed by atoms with Crippen LogP contribution in [0.1, 0.15) is 10.6 Å². The number of ketones is 1. The number of rotatable bonds is 2. The van der Waals surface area contributed by atoms with Crippen molar-refractivity contribution >= 4 is 48.7 Å². The van der Waals surface area contributed by atoms with E-state index in [4.69, 9.17) is 0 Å². The molecule has 5 heteroatoms. The van der Waals surface area contributed by atoms with Gasteiger partial charge in [-0.25, -0.2) is 4.98 Å². The van der Waals surface area contributed by atoms with Crippen LogP contribution >= 0.6 is 31.9 Å². The molecule has 0 aliphatic carbocycles. The minimum atomic E-state index is -0.388. The third kappa shape index (κ3) is 1.86. The lowest BCUT2D eigenvalue weighted by molar-refractivity contribution is 0.100. The van der Waals surface area contributed by atoms with Crippen LogP contribution in [0, 0.1) is 0 Å². The van der Waals surface area contributed by atoms with Crippen LogP contribution in [0.15, 0.2) is 24.3 Å². The number of hydrogen-bond acceptors (Lipinski definition) is 2. The molecule has 0 unspecified atom stereocenters. The summed E-state index contributed by atoms with van der Waals surface area (Å²) >= 11 is 6.36. The third-order valence-corrected chi connectivity index (χ3v) is 3.04. The Balaban J connectivity index is 2.63. The molecule has 0 aliphatic rings. The van der Waals surface area contributed by atoms with Crippen LogP contribution in [-0.2, 0) is 7.05 Å². The number of halogens is 2. The van der Waals surface area contributed by atoms with E-state index in [1.54, 1.807) is 4.57 Å². The van der Waals surface area contributed by atoms with Gasteiger partial charge >= 0.3 is 0 Å². The molecule has 0 saturated heterocycles. The largest absolute Gasteiger partial charge is 0.325 e. The van der Waals surface area contributed by atoms with Crippen molar-refractivity contribution in [1.29, 1.82) is 0 Å². The van der Waals surface area contributed by atoms with Gasteiger partial charge < -0.3 is 4.57 Å². The molecule has 1 heterocycles. The number of aryl methyl sites for hydroxylation is 1. The lowest BCUT2D eigenvalue weighted by Crippen LogP contribution is -2.13. The number of benzene rings is 1. The van der Waals surface area contributed by atoms with Crippen molar-refractivity contribution < 1.29 is 4.79 Å². The van der Waals surface area contributed by atoms with Crippen molar-refractivity contribution in [3.05, 3.63) is 30.1 Å². The van der Waals surface area contributed by atoms with Crippen LogP contribution in [0.5, 0.6) is 0 Å². The highest BCUT2D eigenvalue weighted by molar-refractivity contribution is 9.25. The Morgan fingerprint density at radius 2 is 2.07 bits per heavy atom. The molecule has 2 aromatic rings. The van der Waals surface area contributed by atoms with Crippen LogP contribution in [0.4, 0.5) is 0 Å². The molecule has 0 spiro atoms. The molecule has 15 heavy (non-hydrogen) atoms. The normalized spacial score (nSPS) is 11.2. The summed E-state index contributed by atoms with van der Waals surface area (Å²) in [6.07, 6.45) is 0. The van der Waals surface area contributed by atoms with Crippen LogP contribution in [-0.4, -0.2) is 19.1 Å². The zero-order valence-corrected chi connectivity index (χ0v) is 11.1. The summed E-state index contributed by atoms with van der Waals surface area (Å²) in [6.45, 7) is 0. The van der Waals surface area contributed by atoms with E-state index in [9.17, 15) is 4.79 Å². The molecule has 78 valence electrons. The Hall–Kier alpha value is -0.680. The van der Waals surface area contributed by atoms with Crippen LogP contribution in [0.25, 0.3) is 11.0 Å². The summed E-state index contributed by atoms with van der Waals surface area (Å²) in [5, 5.41) is 0. The Labute approximate surface area is 104 Å². The van der Waals surface area contributed by atoms with E-state index in [2.05, 4.69) is 36.8 Å². The van der Waals surface area contributed by atoms with Gasteiger partial charge in [-0.15, -0.1) is 0 Å². The Kier molecular flexibility index (Phi) is 2.93. The second-order valence-electron chi connectivity index (χ2n) is 3.15. The molecule has 0 amide bonds. The zero-order valence-electron chi connectivity index (χ0n) is 7.95. The highest BCUT2D eigenvalue weighted by Crippen LogP contribution is 2.19. The second-order valence-corrected chi connectivity index (χ2v) is 6.21. The Bertz CT molecular complexity index is 519. The number of para-hydroxylation sites is 2. The second kappa shape index (κ2) is 4.06. The maximum atomic E-state index is 11.8. The van der Waals surface area contributed by atoms with Gasteiger partial charge in [-0.3, -0.25) is 4.79 Å². The fraction of sp³-hybridized carbons (Fsp3) is 0.200. The van der Waals surface area contributed by atoms with Crippen molar-refractivity contribution in [2.45, 2.75) is 3.74 Å². The molecular weight excluding hydrogens is 324 g/mol. The van der Waals surface area contributed by atoms with E-state index in [0.717, 1.165) is 11.0 Å². The number of alkyl halides is 2. The lowest BCUT2D eigenvalue weighted by Gasteiger charge is -2.01. The zero-order chi connectivity index (χ0) is 11.0. The van der Waals surface area contributed by atoms with Crippen molar-refractivity contribution in [2.75, 3.05) is 0 Å². The number of carbonyl (C=O) groups is 1. The van der Waals surface area contributed by atoms with Gasteiger partial charge in [-0.1, -0.05) is 44.0 Å². The van der Waals surface area contributed by atoms with Crippen molar-refractivity contribution in [2.24, 2.45) is 7.05 Å². The maximum Gasteiger partial charge on any atom is 0.222 e. The number of aromatic nitrogens is 2. The van der Waals surface area contributed by atoms with Crippen molar-refractivity contribution in [3.63, 3.8) is 0 Å². The summed E-state index contributed by atoms with van der Waals surface area (Å²) in [5.41, 5.74) is 1.80. The summed E-state index contributed by atoms with van der Waals surface area (Å²) in [6, 6.07) is 7.67. The van der Waals surface area contributed by atoms with Gasteiger partial charge in [0.1, 0.15) is 3.74 Å². The predicted octanol–water partition coefficient (Wildman–Crippen LogP) is 2.87. The van der Waals surface area contributed by atoms with Crippen LogP contribution in [0.3, 0.4) is 0 Å². The SMILES string of the molecule is Cn1c(C(=O)C(Br)Br)nc2ccccc21. The lowest BCUT2D eigenvalue weighted by atomic mass is 10.3. The standard InChI is InChI=1S/C10H8Br2N2O/c1-14-7-5-3-2-4-6(7)13-10(14)8(15)9(11)12/h2-5,9H,1H3. The smallest absolute Gasteiger partial charge is 0.222 e. The molecule has 3 nitrogen and oxygen atoms in total. The molecule has 0 N–H and O–H groups in total. The summed E-state index contributed by atoms with van der Waals surface area (Å²) in [4.78, 5) is 16.0. The molecule has 0 radical (unpaired) electrons. The number of imidazole rings is 1. The van der Waals surface area contributed by atoms with Crippen LogP contribution < -0.4 is 0 Å². The van der Waals surface area contributed by atoms with E-state index in [0.29, 0.717) is 5.82 Å². The summed E-state index contributed by atoms with van der Waals surface area (Å²) in [7, 11) is 1.84. The number of Topliss-reactive ketones (excluding diaryl/α,β-unsaturated/α-hetero) is 1. The third-order valence-electron chi connectivity index (χ3n) is 2.21. The van der Waals surface area contributed by atoms with E-state index >= 15 is 0 Å². The molecule has 0 bridgehead atoms. The maximum absolute atomic E-state index is 11.8. The van der Waals surface area contributed by atoms with E-state index in [-0.39, 0.29) is 9.52 Å². The number of fused-ring (bicyclic) bond motifs is 1. The first-order valence-corrected chi connectivity index (χ1v) is 6.18. The highest BCUT2D eigenvalue weighted by Gasteiger charge is 2.19. The van der Waals surface area contributed by atoms with Crippen molar-refractivity contribution in [3.8, 4) is 0 Å². The number of carbonyl (C=O) groups excluding carboxylic acids is 1. The van der Waals surface area contributed by atoms with Gasteiger partial charge in [-0.2, -0.15) is 0 Å². The minimum Gasteiger partial charge on any atom is -0.325 e. The summed E-state index contributed by atoms with van der Waals surface area (Å²) in [5.74, 6) is 0.378. The average Bonchev–Trinajstić information content (AvgIpc) is 2.56. The van der Waals surface area contributed by atoms with Gasteiger partial charge in [0.15, 0.2) is 5.82 Å². The van der Waals surface area contributed by atoms with Gasteiger partial charge in [0.25, 0.3) is 0 Å². The van der Waals surface area contributed by atoms with Gasteiger partial charge in [0, 0.05) is 7.05 Å². The Morgan fingerprint density at radius 1 is 1.40 bits per heavy atom. The molecule has 0 fully saturated rings. The minimum absolute atomic E-state index is 0.0753. The van der Waals surface area contributed by atoms with Gasteiger partial charge in [-0.05, 0) is 12.1 Å². The van der Waals surface area contributed by atoms with E-state index < -0.39 is 0 Å². The first-order valence-electron chi connectivity index (χ1n) is 4.35. The molecular formula is C10H8Br2N2O. The molecule has 0 aliphatic heterocycles. The fourth-order valence-corrected chi connectivity index (χ4v) is 1.87. The average molecular weight is 332 g/mol. The number of nitrogens with zero attached hydrogens (tertiary/aromatic N) is 2. The van der Waals surface area contributed by atoms with Crippen molar-refractivity contribution in [1.82, 2.24) is 9.55 Å². The van der Waals surface area contributed by atoms with Gasteiger partial charge in [0.05, 0.1) is 11.0 Å². The Morgan fingerprint density at radius 3 is 2.67 bits per heavy atom. The number of hydrogen-bond donors (Lipinski definition) is 0. The molecule has 1 aromatic carbocycles. The van der Waals surface area contributed by atoms with Gasteiger partial charge in [0.2, 0.25) is 5.78 Å². The first-order chi connectivity index (χ1) is 7.11. The molecule has 1 aromatic heterocycles. The molecule has 2 rings (SSSR count). The van der Waals surface area contributed by atoms with Crippen LogP contribution in [0.2, 0.25) is 0 Å². The topological polar surface area (TPSA) is 34.9 Å². The van der Waals surface area contributed by atoms with E-state index in [1.807, 2.05) is 31.3 Å². The first kappa shape index (κ1) is 10.8. The summed E-state index contributed by atoms with van der Waals surface area (Å²) < 4.78 is 1.41. The van der Waals surface area contributed by atoms with E-state index in [1.165, 1.54) is 0 Å². The fourth-order valence-electron chi connectivity index (χ4n) is 1.46.